The van der Waals surface area contributed by atoms with E-state index in [1.165, 1.54) is 6.07 Å². The highest BCUT2D eigenvalue weighted by Crippen LogP contribution is 2.14. The predicted octanol–water partition coefficient (Wildman–Crippen LogP) is 2.15. The Bertz CT molecular complexity index is 789. The lowest BCUT2D eigenvalue weighted by Crippen LogP contribution is -2.30. The Kier molecular flexibility index (Phi) is 7.03. The van der Waals surface area contributed by atoms with Gasteiger partial charge in [0.05, 0.1) is 12.3 Å². The van der Waals surface area contributed by atoms with Gasteiger partial charge in [0.1, 0.15) is 0 Å². The van der Waals surface area contributed by atoms with Crippen LogP contribution in [0.4, 0.5) is 0 Å². The van der Waals surface area contributed by atoms with E-state index >= 15 is 0 Å². The van der Waals surface area contributed by atoms with E-state index in [0.717, 1.165) is 5.56 Å². The van der Waals surface area contributed by atoms with Crippen LogP contribution in [0.2, 0.25) is 5.02 Å². The highest BCUT2D eigenvalue weighted by molar-refractivity contribution is 6.31. The molecule has 1 heterocycles. The molecule has 1 aromatic carbocycles. The molecular weight excluding hydrogens is 344 g/mol. The van der Waals surface area contributed by atoms with Gasteiger partial charge in [0, 0.05) is 37.5 Å². The van der Waals surface area contributed by atoms with Crippen LogP contribution in [-0.2, 0) is 22.6 Å². The quantitative estimate of drug-likeness (QED) is 0.779. The normalized spacial score (nSPS) is 10.5. The maximum Gasteiger partial charge on any atom is 0.258 e. The van der Waals surface area contributed by atoms with Crippen molar-refractivity contribution in [1.29, 1.82) is 0 Å². The average molecular weight is 365 g/mol. The zero-order chi connectivity index (χ0) is 18.2. The Labute approximate surface area is 151 Å². The van der Waals surface area contributed by atoms with Crippen LogP contribution in [0, 0.1) is 6.92 Å². The monoisotopic (exact) mass is 364 g/mol. The van der Waals surface area contributed by atoms with Crippen molar-refractivity contribution in [3.05, 3.63) is 63.0 Å². The van der Waals surface area contributed by atoms with E-state index in [2.05, 4.69) is 5.32 Å². The first-order valence-corrected chi connectivity index (χ1v) is 8.22. The van der Waals surface area contributed by atoms with Crippen LogP contribution in [0.25, 0.3) is 0 Å². The molecular formula is C18H21ClN2O4. The van der Waals surface area contributed by atoms with Crippen LogP contribution in [0.15, 0.2) is 41.3 Å². The lowest BCUT2D eigenvalue weighted by Gasteiger charge is -2.14. The van der Waals surface area contributed by atoms with Crippen LogP contribution in [0.5, 0.6) is 5.75 Å². The standard InChI is InChI=1S/C18H21ClN2O4/c1-13-18(16(22)7-8-21(13)9-10-24-2)25-12-17(23)20-11-14-5-3-4-6-15(14)19/h3-8H,9-12H2,1-2H3,(H,20,23). The molecule has 0 spiro atoms. The van der Waals surface area contributed by atoms with Gasteiger partial charge in [-0.25, -0.2) is 0 Å². The Morgan fingerprint density at radius 1 is 1.28 bits per heavy atom. The molecule has 1 amide bonds. The van der Waals surface area contributed by atoms with Gasteiger partial charge in [0.2, 0.25) is 5.43 Å². The van der Waals surface area contributed by atoms with Crippen LogP contribution in [-0.4, -0.2) is 30.8 Å². The van der Waals surface area contributed by atoms with E-state index in [-0.39, 0.29) is 23.7 Å². The number of rotatable bonds is 8. The van der Waals surface area contributed by atoms with Gasteiger partial charge in [-0.2, -0.15) is 0 Å². The summed E-state index contributed by atoms with van der Waals surface area (Å²) in [6.07, 6.45) is 1.68. The largest absolute Gasteiger partial charge is 0.478 e. The molecule has 0 fully saturated rings. The zero-order valence-corrected chi connectivity index (χ0v) is 15.0. The lowest BCUT2D eigenvalue weighted by molar-refractivity contribution is -0.123. The number of methoxy groups -OCH3 is 1. The summed E-state index contributed by atoms with van der Waals surface area (Å²) < 4.78 is 12.3. The summed E-state index contributed by atoms with van der Waals surface area (Å²) in [6.45, 7) is 2.94. The molecule has 6 nitrogen and oxygen atoms in total. The molecule has 0 radical (unpaired) electrons. The van der Waals surface area contributed by atoms with Gasteiger partial charge in [0.25, 0.3) is 5.91 Å². The number of aromatic nitrogens is 1. The number of hydrogen-bond acceptors (Lipinski definition) is 4. The molecule has 2 rings (SSSR count). The van der Waals surface area contributed by atoms with Gasteiger partial charge in [-0.1, -0.05) is 29.8 Å². The Morgan fingerprint density at radius 2 is 2.04 bits per heavy atom. The molecule has 0 aliphatic heterocycles. The fourth-order valence-electron chi connectivity index (χ4n) is 2.29. The molecule has 0 saturated carbocycles. The van der Waals surface area contributed by atoms with E-state index in [4.69, 9.17) is 21.1 Å². The second kappa shape index (κ2) is 9.25. The van der Waals surface area contributed by atoms with Crippen molar-refractivity contribution >= 4 is 17.5 Å². The number of hydrogen-bond donors (Lipinski definition) is 1. The molecule has 0 aliphatic carbocycles. The van der Waals surface area contributed by atoms with E-state index < -0.39 is 0 Å². The van der Waals surface area contributed by atoms with Crippen molar-refractivity contribution in [2.24, 2.45) is 0 Å². The highest BCUT2D eigenvalue weighted by atomic mass is 35.5. The third-order valence-corrected chi connectivity index (χ3v) is 4.08. The number of carbonyl (C=O) groups is 1. The maximum absolute atomic E-state index is 12.0. The van der Waals surface area contributed by atoms with Crippen molar-refractivity contribution in [1.82, 2.24) is 9.88 Å². The summed E-state index contributed by atoms with van der Waals surface area (Å²) in [7, 11) is 1.61. The van der Waals surface area contributed by atoms with E-state index in [0.29, 0.717) is 30.4 Å². The Balaban J connectivity index is 1.95. The average Bonchev–Trinajstić information content (AvgIpc) is 2.60. The molecule has 134 valence electrons. The second-order valence-corrected chi connectivity index (χ2v) is 5.84. The molecule has 25 heavy (non-hydrogen) atoms. The minimum absolute atomic E-state index is 0.173. The molecule has 7 heteroatoms. The smallest absolute Gasteiger partial charge is 0.258 e. The van der Waals surface area contributed by atoms with Gasteiger partial charge in [-0.05, 0) is 18.6 Å². The summed E-state index contributed by atoms with van der Waals surface area (Å²) in [5, 5.41) is 3.31. The summed E-state index contributed by atoms with van der Waals surface area (Å²) in [4.78, 5) is 24.0. The molecule has 1 aromatic heterocycles. The number of nitrogens with zero attached hydrogens (tertiary/aromatic N) is 1. The third kappa shape index (κ3) is 5.34. The van der Waals surface area contributed by atoms with Gasteiger partial charge in [0.15, 0.2) is 12.4 Å². The molecule has 0 aliphatic rings. The summed E-state index contributed by atoms with van der Waals surface area (Å²) in [5.41, 5.74) is 1.21. The number of pyridine rings is 1. The van der Waals surface area contributed by atoms with E-state index in [1.54, 1.807) is 26.3 Å². The fourth-order valence-corrected chi connectivity index (χ4v) is 2.49. The summed E-state index contributed by atoms with van der Waals surface area (Å²) >= 11 is 6.04. The van der Waals surface area contributed by atoms with Crippen LogP contribution in [0.1, 0.15) is 11.3 Å². The minimum Gasteiger partial charge on any atom is -0.478 e. The van der Waals surface area contributed by atoms with Gasteiger partial charge >= 0.3 is 0 Å². The first kappa shape index (κ1) is 19.0. The number of benzene rings is 1. The van der Waals surface area contributed by atoms with Gasteiger partial charge < -0.3 is 19.4 Å². The molecule has 0 unspecified atom stereocenters. The topological polar surface area (TPSA) is 69.6 Å². The van der Waals surface area contributed by atoms with Gasteiger partial charge in [-0.3, -0.25) is 9.59 Å². The first-order chi connectivity index (χ1) is 12.0. The zero-order valence-electron chi connectivity index (χ0n) is 14.3. The molecule has 0 atom stereocenters. The number of ether oxygens (including phenoxy) is 2. The first-order valence-electron chi connectivity index (χ1n) is 7.85. The highest BCUT2D eigenvalue weighted by Gasteiger charge is 2.11. The van der Waals surface area contributed by atoms with E-state index in [9.17, 15) is 9.59 Å². The SMILES string of the molecule is COCCn1ccc(=O)c(OCC(=O)NCc2ccccc2Cl)c1C. The van der Waals surface area contributed by atoms with Crippen molar-refractivity contribution in [3.63, 3.8) is 0 Å². The van der Waals surface area contributed by atoms with E-state index in [1.807, 2.05) is 22.8 Å². The molecule has 2 aromatic rings. The number of halogens is 1. The Morgan fingerprint density at radius 3 is 2.76 bits per heavy atom. The summed E-state index contributed by atoms with van der Waals surface area (Å²) in [6, 6.07) is 8.68. The number of carbonyl (C=O) groups excluding carboxylic acids is 1. The summed E-state index contributed by atoms with van der Waals surface area (Å²) in [5.74, 6) is -0.155. The number of nitrogens with one attached hydrogen (secondary N) is 1. The van der Waals surface area contributed by atoms with Crippen LogP contribution < -0.4 is 15.5 Å². The third-order valence-electron chi connectivity index (χ3n) is 3.71. The molecule has 1 N–H and O–H groups in total. The van der Waals surface area contributed by atoms with Crippen molar-refractivity contribution < 1.29 is 14.3 Å². The van der Waals surface area contributed by atoms with Crippen LogP contribution >= 0.6 is 11.6 Å². The lowest BCUT2D eigenvalue weighted by atomic mass is 10.2. The van der Waals surface area contributed by atoms with Crippen molar-refractivity contribution in [2.45, 2.75) is 20.0 Å². The molecule has 0 saturated heterocycles. The van der Waals surface area contributed by atoms with Crippen LogP contribution in [0.3, 0.4) is 0 Å². The Hall–Kier alpha value is -2.31. The fraction of sp³-hybridized carbons (Fsp3) is 0.333. The van der Waals surface area contributed by atoms with Crippen molar-refractivity contribution in [3.8, 4) is 5.75 Å². The predicted molar refractivity (Wildman–Crippen MR) is 96.1 cm³/mol. The number of amides is 1. The van der Waals surface area contributed by atoms with Gasteiger partial charge in [-0.15, -0.1) is 0 Å². The van der Waals surface area contributed by atoms with Crippen molar-refractivity contribution in [2.75, 3.05) is 20.3 Å². The second-order valence-electron chi connectivity index (χ2n) is 5.44. The molecule has 0 bridgehead atoms. The maximum atomic E-state index is 12.0. The minimum atomic E-state index is -0.328.